The number of imidazole rings is 1. The number of benzene rings is 1. The number of aryl methyl sites for hydroxylation is 1. The average molecular weight is 371 g/mol. The normalized spacial score (nSPS) is 11.1. The highest BCUT2D eigenvalue weighted by Gasteiger charge is 2.23. The Balaban J connectivity index is 2.13. The fourth-order valence-corrected chi connectivity index (χ4v) is 3.00. The van der Waals surface area contributed by atoms with E-state index in [9.17, 15) is 0 Å². The number of para-hydroxylation sites is 1. The monoisotopic (exact) mass is 370 g/mol. The van der Waals surface area contributed by atoms with Gasteiger partial charge in [-0.25, -0.2) is 4.98 Å². The second kappa shape index (κ2) is 6.34. The summed E-state index contributed by atoms with van der Waals surface area (Å²) >= 11 is 6.08. The molecule has 3 heterocycles. The Morgan fingerprint density at radius 1 is 1.04 bits per heavy atom. The van der Waals surface area contributed by atoms with Crippen molar-refractivity contribution in [2.45, 2.75) is 6.92 Å². The maximum absolute atomic E-state index is 6.08. The highest BCUT2D eigenvalue weighted by molar-refractivity contribution is 6.29. The summed E-state index contributed by atoms with van der Waals surface area (Å²) in [5, 5.41) is 8.24. The number of halogens is 1. The quantitative estimate of drug-likeness (QED) is 0.539. The summed E-state index contributed by atoms with van der Waals surface area (Å²) in [5.74, 6) is 3.13. The maximum Gasteiger partial charge on any atom is 0.201 e. The molecule has 0 spiro atoms. The molecule has 4 rings (SSSR count). The number of methoxy groups -OCH3 is 2. The van der Waals surface area contributed by atoms with E-state index in [0.717, 1.165) is 5.76 Å². The van der Waals surface area contributed by atoms with Gasteiger partial charge in [0.2, 0.25) is 5.65 Å². The summed E-state index contributed by atoms with van der Waals surface area (Å²) in [4.78, 5) is 4.59. The number of rotatable bonds is 4. The zero-order chi connectivity index (χ0) is 18.3. The largest absolute Gasteiger partial charge is 0.494 e. The highest BCUT2D eigenvalue weighted by Crippen LogP contribution is 2.38. The Morgan fingerprint density at radius 3 is 2.38 bits per heavy atom. The molecule has 0 saturated heterocycles. The first-order chi connectivity index (χ1) is 12.6. The maximum atomic E-state index is 6.08. The first-order valence-corrected chi connectivity index (χ1v) is 8.20. The third-order valence-electron chi connectivity index (χ3n) is 3.98. The number of fused-ring (bicyclic) bond motifs is 1. The van der Waals surface area contributed by atoms with Gasteiger partial charge in [-0.15, -0.1) is 10.2 Å². The van der Waals surface area contributed by atoms with E-state index in [-0.39, 0.29) is 5.15 Å². The van der Waals surface area contributed by atoms with Crippen LogP contribution in [0.3, 0.4) is 0 Å². The molecule has 0 radical (unpaired) electrons. The van der Waals surface area contributed by atoms with Crippen LogP contribution < -0.4 is 9.47 Å². The molecule has 26 heavy (non-hydrogen) atoms. The van der Waals surface area contributed by atoms with Crippen molar-refractivity contribution in [3.05, 3.63) is 47.3 Å². The molecule has 0 N–H and O–H groups in total. The molecule has 1 aromatic carbocycles. The van der Waals surface area contributed by atoms with E-state index in [1.54, 1.807) is 20.3 Å². The Morgan fingerprint density at radius 2 is 1.77 bits per heavy atom. The van der Waals surface area contributed by atoms with E-state index in [4.69, 9.17) is 25.5 Å². The predicted octanol–water partition coefficient (Wildman–Crippen LogP) is 4.05. The van der Waals surface area contributed by atoms with Crippen molar-refractivity contribution in [1.29, 1.82) is 0 Å². The topological polar surface area (TPSA) is 75.2 Å². The third kappa shape index (κ3) is 2.57. The molecule has 0 aliphatic carbocycles. The predicted molar refractivity (Wildman–Crippen MR) is 97.2 cm³/mol. The molecular weight excluding hydrogens is 356 g/mol. The van der Waals surface area contributed by atoms with E-state index in [0.29, 0.717) is 39.9 Å². The standard InChI is InChI=1S/C18H15ClN4O3/c1-10-7-8-14(26-10)18-20-17-11(9-15(19)21-22-17)23(18)16-12(24-2)5-4-6-13(16)25-3/h4-9H,1-3H3. The first kappa shape index (κ1) is 16.4. The summed E-state index contributed by atoms with van der Waals surface area (Å²) in [5.41, 5.74) is 1.77. The van der Waals surface area contributed by atoms with Gasteiger partial charge < -0.3 is 13.9 Å². The molecule has 8 heteroatoms. The van der Waals surface area contributed by atoms with Gasteiger partial charge in [0.05, 0.1) is 19.7 Å². The SMILES string of the molecule is COc1cccc(OC)c1-n1c(-c2ccc(C)o2)nc2nnc(Cl)cc21. The van der Waals surface area contributed by atoms with E-state index < -0.39 is 0 Å². The van der Waals surface area contributed by atoms with E-state index in [1.165, 1.54) is 0 Å². The summed E-state index contributed by atoms with van der Waals surface area (Å²) in [6, 6.07) is 11.0. The van der Waals surface area contributed by atoms with Gasteiger partial charge in [-0.2, -0.15) is 0 Å². The van der Waals surface area contributed by atoms with Crippen molar-refractivity contribution in [1.82, 2.24) is 19.7 Å². The number of nitrogens with zero attached hydrogens (tertiary/aromatic N) is 4. The van der Waals surface area contributed by atoms with Gasteiger partial charge >= 0.3 is 0 Å². The molecule has 7 nitrogen and oxygen atoms in total. The summed E-state index contributed by atoms with van der Waals surface area (Å²) in [7, 11) is 3.20. The summed E-state index contributed by atoms with van der Waals surface area (Å²) in [6.45, 7) is 1.87. The Hall–Kier alpha value is -3.06. The van der Waals surface area contributed by atoms with Crippen molar-refractivity contribution >= 4 is 22.8 Å². The van der Waals surface area contributed by atoms with E-state index in [1.807, 2.05) is 41.8 Å². The zero-order valence-corrected chi connectivity index (χ0v) is 15.1. The molecule has 132 valence electrons. The lowest BCUT2D eigenvalue weighted by molar-refractivity contribution is 0.391. The van der Waals surface area contributed by atoms with Crippen molar-refractivity contribution in [3.8, 4) is 28.8 Å². The number of hydrogen-bond acceptors (Lipinski definition) is 6. The fraction of sp³-hybridized carbons (Fsp3) is 0.167. The van der Waals surface area contributed by atoms with Gasteiger partial charge in [0.1, 0.15) is 22.9 Å². The van der Waals surface area contributed by atoms with Gasteiger partial charge in [-0.1, -0.05) is 17.7 Å². The molecule has 4 aromatic rings. The molecule has 0 fully saturated rings. The van der Waals surface area contributed by atoms with Crippen LogP contribution in [0.25, 0.3) is 28.4 Å². The minimum atomic E-state index is 0.259. The molecule has 0 amide bonds. The second-order valence-electron chi connectivity index (χ2n) is 5.57. The van der Waals surface area contributed by atoms with Crippen molar-refractivity contribution < 1.29 is 13.9 Å². The molecular formula is C18H15ClN4O3. The summed E-state index contributed by atoms with van der Waals surface area (Å²) in [6.07, 6.45) is 0. The number of furan rings is 1. The minimum Gasteiger partial charge on any atom is -0.494 e. The minimum absolute atomic E-state index is 0.259. The van der Waals surface area contributed by atoms with Crippen molar-refractivity contribution in [2.75, 3.05) is 14.2 Å². The third-order valence-corrected chi connectivity index (χ3v) is 4.16. The van der Waals surface area contributed by atoms with Crippen LogP contribution in [0.5, 0.6) is 11.5 Å². The second-order valence-corrected chi connectivity index (χ2v) is 5.96. The lowest BCUT2D eigenvalue weighted by Gasteiger charge is -2.16. The van der Waals surface area contributed by atoms with Crippen LogP contribution >= 0.6 is 11.6 Å². The van der Waals surface area contributed by atoms with Crippen LogP contribution in [0.2, 0.25) is 5.15 Å². The van der Waals surface area contributed by atoms with Gasteiger partial charge in [0, 0.05) is 6.07 Å². The van der Waals surface area contributed by atoms with Crippen LogP contribution in [-0.4, -0.2) is 34.0 Å². The Bertz CT molecular complexity index is 1080. The molecule has 0 unspecified atom stereocenters. The van der Waals surface area contributed by atoms with Gasteiger partial charge in [0.25, 0.3) is 0 Å². The van der Waals surface area contributed by atoms with Crippen LogP contribution in [0.15, 0.2) is 40.8 Å². The Kier molecular flexibility index (Phi) is 4.00. The lowest BCUT2D eigenvalue weighted by atomic mass is 10.2. The highest BCUT2D eigenvalue weighted by atomic mass is 35.5. The van der Waals surface area contributed by atoms with Crippen molar-refractivity contribution in [2.24, 2.45) is 0 Å². The Labute approximate surface area is 154 Å². The van der Waals surface area contributed by atoms with Crippen LogP contribution in [0, 0.1) is 6.92 Å². The lowest BCUT2D eigenvalue weighted by Crippen LogP contribution is -2.03. The van der Waals surface area contributed by atoms with Crippen LogP contribution in [0.1, 0.15) is 5.76 Å². The van der Waals surface area contributed by atoms with Crippen LogP contribution in [-0.2, 0) is 0 Å². The zero-order valence-electron chi connectivity index (χ0n) is 14.4. The number of hydrogen-bond donors (Lipinski definition) is 0. The molecule has 0 saturated carbocycles. The smallest absolute Gasteiger partial charge is 0.201 e. The molecule has 0 bridgehead atoms. The van der Waals surface area contributed by atoms with E-state index in [2.05, 4.69) is 15.2 Å². The average Bonchev–Trinajstić information content (AvgIpc) is 3.24. The van der Waals surface area contributed by atoms with Crippen molar-refractivity contribution in [3.63, 3.8) is 0 Å². The first-order valence-electron chi connectivity index (χ1n) is 7.82. The number of ether oxygens (including phenoxy) is 2. The molecule has 3 aromatic heterocycles. The summed E-state index contributed by atoms with van der Waals surface area (Å²) < 4.78 is 18.8. The molecule has 0 atom stereocenters. The van der Waals surface area contributed by atoms with Gasteiger partial charge in [0.15, 0.2) is 16.7 Å². The van der Waals surface area contributed by atoms with Crippen LogP contribution in [0.4, 0.5) is 0 Å². The fourth-order valence-electron chi connectivity index (χ4n) is 2.86. The van der Waals surface area contributed by atoms with Gasteiger partial charge in [-0.05, 0) is 31.2 Å². The number of aromatic nitrogens is 4. The molecule has 0 aliphatic rings. The molecule has 0 aliphatic heterocycles. The van der Waals surface area contributed by atoms with Gasteiger partial charge in [-0.3, -0.25) is 4.57 Å². The van der Waals surface area contributed by atoms with E-state index >= 15 is 0 Å².